The number of aliphatic hydroxyl groups is 1. The van der Waals surface area contributed by atoms with Gasteiger partial charge in [0.25, 0.3) is 5.91 Å². The van der Waals surface area contributed by atoms with Gasteiger partial charge in [-0.2, -0.15) is 5.10 Å². The first-order chi connectivity index (χ1) is 11.9. The van der Waals surface area contributed by atoms with Gasteiger partial charge in [0.2, 0.25) is 5.91 Å². The van der Waals surface area contributed by atoms with Crippen LogP contribution in [0.4, 0.5) is 5.82 Å². The first kappa shape index (κ1) is 17.2. The van der Waals surface area contributed by atoms with Crippen molar-refractivity contribution in [2.24, 2.45) is 0 Å². The van der Waals surface area contributed by atoms with Crippen LogP contribution in [0.2, 0.25) is 0 Å². The lowest BCUT2D eigenvalue weighted by Crippen LogP contribution is -2.56. The molecule has 3 N–H and O–H groups in total. The van der Waals surface area contributed by atoms with Crippen molar-refractivity contribution in [2.45, 2.75) is 32.3 Å². The van der Waals surface area contributed by atoms with E-state index in [1.165, 1.54) is 11.8 Å². The molecule has 0 aliphatic carbocycles. The van der Waals surface area contributed by atoms with Crippen molar-refractivity contribution in [3.05, 3.63) is 35.9 Å². The van der Waals surface area contributed by atoms with Crippen LogP contribution in [0, 0.1) is 6.92 Å². The minimum absolute atomic E-state index is 0.00321. The van der Waals surface area contributed by atoms with E-state index in [9.17, 15) is 14.7 Å². The number of nitrogens with one attached hydrogen (secondary N) is 2. The highest BCUT2D eigenvalue weighted by Gasteiger charge is 2.41. The summed E-state index contributed by atoms with van der Waals surface area (Å²) in [7, 11) is 0. The van der Waals surface area contributed by atoms with Crippen molar-refractivity contribution < 1.29 is 14.7 Å². The normalized spacial score (nSPS) is 20.4. The van der Waals surface area contributed by atoms with E-state index >= 15 is 0 Å². The van der Waals surface area contributed by atoms with Crippen molar-refractivity contribution in [3.8, 4) is 11.3 Å². The Labute approximate surface area is 146 Å². The number of aryl methyl sites for hydroxylation is 1. The second kappa shape index (κ2) is 6.68. The number of rotatable bonds is 3. The maximum Gasteiger partial charge on any atom is 0.259 e. The van der Waals surface area contributed by atoms with Gasteiger partial charge in [-0.3, -0.25) is 14.7 Å². The molecule has 2 heterocycles. The number of benzene rings is 1. The van der Waals surface area contributed by atoms with Crippen molar-refractivity contribution in [1.82, 2.24) is 15.1 Å². The number of aromatic amines is 1. The van der Waals surface area contributed by atoms with Gasteiger partial charge in [0.1, 0.15) is 0 Å². The highest BCUT2D eigenvalue weighted by Crippen LogP contribution is 2.25. The van der Waals surface area contributed by atoms with Crippen LogP contribution >= 0.6 is 0 Å². The number of nitrogens with zero attached hydrogens (tertiary/aromatic N) is 2. The van der Waals surface area contributed by atoms with Gasteiger partial charge in [-0.25, -0.2) is 0 Å². The zero-order chi connectivity index (χ0) is 18.0. The van der Waals surface area contributed by atoms with Crippen molar-refractivity contribution in [2.75, 3.05) is 18.4 Å². The predicted molar refractivity (Wildman–Crippen MR) is 93.8 cm³/mol. The number of anilines is 1. The Kier molecular flexibility index (Phi) is 4.59. The molecule has 0 bridgehead atoms. The van der Waals surface area contributed by atoms with Gasteiger partial charge >= 0.3 is 0 Å². The Bertz CT molecular complexity index is 801. The molecule has 7 heteroatoms. The van der Waals surface area contributed by atoms with E-state index in [4.69, 9.17) is 0 Å². The van der Waals surface area contributed by atoms with E-state index in [1.807, 2.05) is 31.2 Å². The molecule has 1 aromatic carbocycles. The molecule has 1 saturated heterocycles. The summed E-state index contributed by atoms with van der Waals surface area (Å²) >= 11 is 0. The largest absolute Gasteiger partial charge is 0.378 e. The van der Waals surface area contributed by atoms with Gasteiger partial charge in [-0.15, -0.1) is 0 Å². The Morgan fingerprint density at radius 3 is 2.84 bits per heavy atom. The third-order valence-corrected chi connectivity index (χ3v) is 4.59. The minimum atomic E-state index is -1.59. The number of hydrogen-bond donors (Lipinski definition) is 3. The van der Waals surface area contributed by atoms with Crippen molar-refractivity contribution >= 4 is 17.6 Å². The molecule has 7 nitrogen and oxygen atoms in total. The second-order valence-corrected chi connectivity index (χ2v) is 6.51. The Morgan fingerprint density at radius 2 is 2.12 bits per heavy atom. The number of aromatic nitrogens is 2. The highest BCUT2D eigenvalue weighted by molar-refractivity contribution is 5.97. The summed E-state index contributed by atoms with van der Waals surface area (Å²) in [6.07, 6.45) is 0.899. The lowest BCUT2D eigenvalue weighted by molar-refractivity contribution is -0.146. The number of amides is 2. The monoisotopic (exact) mass is 342 g/mol. The SMILES string of the molecule is CC(=O)N1CCCC(O)(C(=O)Nc2cc(-c3ccccc3C)[nH]n2)C1. The van der Waals surface area contributed by atoms with Crippen LogP contribution in [0.5, 0.6) is 0 Å². The molecular formula is C18H22N4O3. The van der Waals surface area contributed by atoms with Crippen LogP contribution in [0.1, 0.15) is 25.3 Å². The summed E-state index contributed by atoms with van der Waals surface area (Å²) in [5.74, 6) is -0.342. The highest BCUT2D eigenvalue weighted by atomic mass is 16.3. The Balaban J connectivity index is 1.73. The fraction of sp³-hybridized carbons (Fsp3) is 0.389. The summed E-state index contributed by atoms with van der Waals surface area (Å²) in [4.78, 5) is 25.5. The number of H-pyrrole nitrogens is 1. The molecule has 0 spiro atoms. The number of likely N-dealkylation sites (tertiary alicyclic amines) is 1. The van der Waals surface area contributed by atoms with E-state index in [-0.39, 0.29) is 12.5 Å². The fourth-order valence-electron chi connectivity index (χ4n) is 3.12. The quantitative estimate of drug-likeness (QED) is 0.790. The summed E-state index contributed by atoms with van der Waals surface area (Å²) in [6, 6.07) is 9.58. The van der Waals surface area contributed by atoms with Crippen LogP contribution in [-0.2, 0) is 9.59 Å². The molecule has 1 fully saturated rings. The predicted octanol–water partition coefficient (Wildman–Crippen LogP) is 1.70. The number of carbonyl (C=O) groups excluding carboxylic acids is 2. The van der Waals surface area contributed by atoms with Crippen LogP contribution < -0.4 is 5.32 Å². The molecule has 3 rings (SSSR count). The third-order valence-electron chi connectivity index (χ3n) is 4.59. The lowest BCUT2D eigenvalue weighted by Gasteiger charge is -2.37. The van der Waals surface area contributed by atoms with Gasteiger partial charge < -0.3 is 15.3 Å². The summed E-state index contributed by atoms with van der Waals surface area (Å²) in [5.41, 5.74) is 1.28. The molecule has 2 amide bonds. The third kappa shape index (κ3) is 3.56. The zero-order valence-electron chi connectivity index (χ0n) is 14.4. The molecule has 1 aliphatic rings. The van der Waals surface area contributed by atoms with Crippen LogP contribution in [0.15, 0.2) is 30.3 Å². The standard InChI is InChI=1S/C18H22N4O3/c1-12-6-3-4-7-14(12)15-10-16(21-20-15)19-17(24)18(25)8-5-9-22(11-18)13(2)23/h3-4,6-7,10,25H,5,8-9,11H2,1-2H3,(H2,19,20,21,24). The molecule has 0 saturated carbocycles. The van der Waals surface area contributed by atoms with Crippen LogP contribution in [0.25, 0.3) is 11.3 Å². The molecule has 1 aromatic heterocycles. The van der Waals surface area contributed by atoms with Crippen molar-refractivity contribution in [3.63, 3.8) is 0 Å². The van der Waals surface area contributed by atoms with E-state index < -0.39 is 11.5 Å². The van der Waals surface area contributed by atoms with E-state index in [0.29, 0.717) is 25.2 Å². The first-order valence-corrected chi connectivity index (χ1v) is 8.30. The molecular weight excluding hydrogens is 320 g/mol. The maximum atomic E-state index is 12.5. The number of β-amino-alcohol motifs (C(OH)–C–C–N with tert-alkyl or cyclic N) is 1. The summed E-state index contributed by atoms with van der Waals surface area (Å²) in [6.45, 7) is 4.00. The smallest absolute Gasteiger partial charge is 0.259 e. The summed E-state index contributed by atoms with van der Waals surface area (Å²) in [5, 5.41) is 20.3. The molecule has 1 unspecified atom stereocenters. The van der Waals surface area contributed by atoms with Crippen LogP contribution in [0.3, 0.4) is 0 Å². The van der Waals surface area contributed by atoms with Crippen molar-refractivity contribution in [1.29, 1.82) is 0 Å². The molecule has 1 aliphatic heterocycles. The Morgan fingerprint density at radius 1 is 1.36 bits per heavy atom. The lowest BCUT2D eigenvalue weighted by atomic mass is 9.92. The summed E-state index contributed by atoms with van der Waals surface area (Å²) < 4.78 is 0. The zero-order valence-corrected chi connectivity index (χ0v) is 14.4. The number of piperidine rings is 1. The average Bonchev–Trinajstić information content (AvgIpc) is 3.03. The topological polar surface area (TPSA) is 98.3 Å². The average molecular weight is 342 g/mol. The van der Waals surface area contributed by atoms with E-state index in [1.54, 1.807) is 6.07 Å². The second-order valence-electron chi connectivity index (χ2n) is 6.51. The van der Waals surface area contributed by atoms with Gasteiger partial charge in [-0.1, -0.05) is 24.3 Å². The Hall–Kier alpha value is -2.67. The fourth-order valence-corrected chi connectivity index (χ4v) is 3.12. The van der Waals surface area contributed by atoms with Crippen LogP contribution in [-0.4, -0.2) is 50.7 Å². The van der Waals surface area contributed by atoms with Gasteiger partial charge in [0.05, 0.1) is 12.2 Å². The van der Waals surface area contributed by atoms with Gasteiger partial charge in [0, 0.05) is 25.1 Å². The first-order valence-electron chi connectivity index (χ1n) is 8.30. The molecule has 1 atom stereocenters. The maximum absolute atomic E-state index is 12.5. The molecule has 25 heavy (non-hydrogen) atoms. The van der Waals surface area contributed by atoms with E-state index in [0.717, 1.165) is 16.8 Å². The number of carbonyl (C=O) groups is 2. The number of hydrogen-bond acceptors (Lipinski definition) is 4. The molecule has 0 radical (unpaired) electrons. The van der Waals surface area contributed by atoms with Gasteiger partial charge in [-0.05, 0) is 25.3 Å². The minimum Gasteiger partial charge on any atom is -0.378 e. The van der Waals surface area contributed by atoms with E-state index in [2.05, 4.69) is 15.5 Å². The van der Waals surface area contributed by atoms with Gasteiger partial charge in [0.15, 0.2) is 11.4 Å². The molecule has 132 valence electrons. The molecule has 2 aromatic rings.